The smallest absolute Gasteiger partial charge is 0.320 e. The van der Waals surface area contributed by atoms with E-state index in [0.717, 1.165) is 0 Å². The highest BCUT2D eigenvalue weighted by molar-refractivity contribution is 5.92. The molecule has 0 fully saturated rings. The van der Waals surface area contributed by atoms with Gasteiger partial charge in [0.2, 0.25) is 0 Å². The third kappa shape index (κ3) is 3.62. The monoisotopic (exact) mass is 224 g/mol. The minimum Gasteiger partial charge on any atom is -0.480 e. The van der Waals surface area contributed by atoms with Gasteiger partial charge >= 0.3 is 5.97 Å². The molecule has 7 nitrogen and oxygen atoms in total. The van der Waals surface area contributed by atoms with Crippen molar-refractivity contribution in [2.24, 2.45) is 5.73 Å². The lowest BCUT2D eigenvalue weighted by molar-refractivity contribution is -0.138. The van der Waals surface area contributed by atoms with Gasteiger partial charge in [0.15, 0.2) is 0 Å². The Bertz CT molecular complexity index is 368. The number of rotatable bonds is 5. The Labute approximate surface area is 91.7 Å². The van der Waals surface area contributed by atoms with Crippen molar-refractivity contribution in [3.8, 4) is 0 Å². The molecule has 0 radical (unpaired) electrons. The van der Waals surface area contributed by atoms with Gasteiger partial charge in [0.05, 0.1) is 0 Å². The van der Waals surface area contributed by atoms with E-state index in [2.05, 4.69) is 15.3 Å². The Morgan fingerprint density at radius 1 is 1.56 bits per heavy atom. The molecule has 0 aliphatic heterocycles. The molecule has 0 aliphatic rings. The first-order chi connectivity index (χ1) is 7.61. The zero-order chi connectivity index (χ0) is 12.0. The average Bonchev–Trinajstić information content (AvgIpc) is 2.29. The quantitative estimate of drug-likeness (QED) is 0.590. The Morgan fingerprint density at radius 2 is 2.31 bits per heavy atom. The number of carbonyl (C=O) groups is 2. The molecule has 1 aromatic rings. The molecule has 16 heavy (non-hydrogen) atoms. The fourth-order valence-electron chi connectivity index (χ4n) is 0.980. The summed E-state index contributed by atoms with van der Waals surface area (Å²) < 4.78 is 0. The molecule has 4 N–H and O–H groups in total. The second-order valence-electron chi connectivity index (χ2n) is 3.08. The van der Waals surface area contributed by atoms with Gasteiger partial charge in [0.1, 0.15) is 18.1 Å². The highest BCUT2D eigenvalue weighted by Gasteiger charge is 2.12. The summed E-state index contributed by atoms with van der Waals surface area (Å²) in [5.74, 6) is -1.46. The zero-order valence-electron chi connectivity index (χ0n) is 8.46. The number of nitrogens with two attached hydrogens (primary N) is 1. The number of amides is 1. The van der Waals surface area contributed by atoms with E-state index in [1.807, 2.05) is 0 Å². The van der Waals surface area contributed by atoms with E-state index in [9.17, 15) is 9.59 Å². The van der Waals surface area contributed by atoms with Crippen molar-refractivity contribution in [2.45, 2.75) is 12.5 Å². The van der Waals surface area contributed by atoms with Crippen LogP contribution in [0, 0.1) is 0 Å². The number of carboxylic acids is 1. The van der Waals surface area contributed by atoms with E-state index >= 15 is 0 Å². The lowest BCUT2D eigenvalue weighted by atomic mass is 10.2. The van der Waals surface area contributed by atoms with Crippen LogP contribution in [0.4, 0.5) is 0 Å². The van der Waals surface area contributed by atoms with Crippen molar-refractivity contribution < 1.29 is 14.7 Å². The van der Waals surface area contributed by atoms with Crippen LogP contribution in [-0.4, -0.2) is 39.5 Å². The second kappa shape index (κ2) is 5.76. The second-order valence-corrected chi connectivity index (χ2v) is 3.08. The van der Waals surface area contributed by atoms with Crippen LogP contribution >= 0.6 is 0 Å². The molecule has 0 saturated heterocycles. The average molecular weight is 224 g/mol. The number of nitrogens with zero attached hydrogens (tertiary/aromatic N) is 2. The van der Waals surface area contributed by atoms with Crippen LogP contribution in [0.3, 0.4) is 0 Å². The molecule has 0 aromatic carbocycles. The van der Waals surface area contributed by atoms with Crippen LogP contribution in [0.15, 0.2) is 18.6 Å². The van der Waals surface area contributed by atoms with Crippen LogP contribution in [0.2, 0.25) is 0 Å². The number of carboxylic acid groups (broad SMARTS) is 1. The summed E-state index contributed by atoms with van der Waals surface area (Å²) in [5, 5.41) is 11.0. The van der Waals surface area contributed by atoms with Crippen molar-refractivity contribution in [2.75, 3.05) is 6.54 Å². The van der Waals surface area contributed by atoms with E-state index in [0.29, 0.717) is 0 Å². The number of hydrogen-bond donors (Lipinski definition) is 3. The summed E-state index contributed by atoms with van der Waals surface area (Å²) in [5.41, 5.74) is 5.50. The van der Waals surface area contributed by atoms with Crippen LogP contribution in [0.25, 0.3) is 0 Å². The van der Waals surface area contributed by atoms with Crippen LogP contribution < -0.4 is 11.1 Å². The van der Waals surface area contributed by atoms with Crippen LogP contribution in [0.1, 0.15) is 16.9 Å². The third-order valence-corrected chi connectivity index (χ3v) is 1.87. The highest BCUT2D eigenvalue weighted by Crippen LogP contribution is 1.92. The van der Waals surface area contributed by atoms with Gasteiger partial charge in [-0.05, 0) is 12.5 Å². The Balaban J connectivity index is 2.34. The molecule has 0 aliphatic carbocycles. The summed E-state index contributed by atoms with van der Waals surface area (Å²) in [6.45, 7) is 0.191. The number of hydrogen-bond acceptors (Lipinski definition) is 5. The topological polar surface area (TPSA) is 118 Å². The lowest BCUT2D eigenvalue weighted by Crippen LogP contribution is -2.35. The molecule has 1 heterocycles. The number of aliphatic carboxylic acids is 1. The fourth-order valence-corrected chi connectivity index (χ4v) is 0.980. The molecular formula is C9H12N4O3. The van der Waals surface area contributed by atoms with E-state index in [4.69, 9.17) is 10.8 Å². The van der Waals surface area contributed by atoms with Gasteiger partial charge < -0.3 is 16.2 Å². The molecule has 0 bridgehead atoms. The SMILES string of the molecule is NC(CCNC(=O)c1ccncn1)C(=O)O. The molecular weight excluding hydrogens is 212 g/mol. The zero-order valence-corrected chi connectivity index (χ0v) is 8.46. The first kappa shape index (κ1) is 12.1. The van der Waals surface area contributed by atoms with Crippen molar-refractivity contribution in [3.05, 3.63) is 24.3 Å². The number of aromatic nitrogens is 2. The molecule has 0 saturated carbocycles. The van der Waals surface area contributed by atoms with Crippen molar-refractivity contribution in [1.29, 1.82) is 0 Å². The normalized spacial score (nSPS) is 11.8. The minimum absolute atomic E-state index is 0.173. The van der Waals surface area contributed by atoms with Gasteiger partial charge in [0, 0.05) is 12.7 Å². The molecule has 0 spiro atoms. The van der Waals surface area contributed by atoms with Gasteiger partial charge in [-0.25, -0.2) is 9.97 Å². The minimum atomic E-state index is -1.09. The lowest BCUT2D eigenvalue weighted by Gasteiger charge is -2.07. The molecule has 1 unspecified atom stereocenters. The van der Waals surface area contributed by atoms with Crippen molar-refractivity contribution in [3.63, 3.8) is 0 Å². The largest absolute Gasteiger partial charge is 0.480 e. The van der Waals surface area contributed by atoms with Gasteiger partial charge in [-0.2, -0.15) is 0 Å². The summed E-state index contributed by atoms with van der Waals surface area (Å²) in [6.07, 6.45) is 2.88. The maximum absolute atomic E-state index is 11.4. The summed E-state index contributed by atoms with van der Waals surface area (Å²) in [7, 11) is 0. The van der Waals surface area contributed by atoms with E-state index in [1.54, 1.807) is 0 Å². The van der Waals surface area contributed by atoms with E-state index in [1.165, 1.54) is 18.6 Å². The molecule has 7 heteroatoms. The van der Waals surface area contributed by atoms with Gasteiger partial charge in [0.25, 0.3) is 5.91 Å². The number of carbonyl (C=O) groups excluding carboxylic acids is 1. The molecule has 1 aromatic heterocycles. The molecule has 1 rings (SSSR count). The maximum Gasteiger partial charge on any atom is 0.320 e. The first-order valence-electron chi connectivity index (χ1n) is 4.64. The first-order valence-corrected chi connectivity index (χ1v) is 4.64. The van der Waals surface area contributed by atoms with Gasteiger partial charge in [-0.1, -0.05) is 0 Å². The Hall–Kier alpha value is -2.02. The fraction of sp³-hybridized carbons (Fsp3) is 0.333. The summed E-state index contributed by atoms with van der Waals surface area (Å²) >= 11 is 0. The predicted molar refractivity (Wildman–Crippen MR) is 54.6 cm³/mol. The van der Waals surface area contributed by atoms with E-state index < -0.39 is 12.0 Å². The van der Waals surface area contributed by atoms with Crippen LogP contribution in [-0.2, 0) is 4.79 Å². The highest BCUT2D eigenvalue weighted by atomic mass is 16.4. The predicted octanol–water partition coefficient (Wildman–Crippen LogP) is -0.992. The standard InChI is InChI=1S/C9H12N4O3/c10-6(9(15)16)1-4-12-8(14)7-2-3-11-5-13-7/h2-3,5-6H,1,4,10H2,(H,12,14)(H,15,16). The third-order valence-electron chi connectivity index (χ3n) is 1.87. The van der Waals surface area contributed by atoms with E-state index in [-0.39, 0.29) is 24.6 Å². The van der Waals surface area contributed by atoms with Gasteiger partial charge in [-0.15, -0.1) is 0 Å². The molecule has 1 amide bonds. The van der Waals surface area contributed by atoms with Crippen molar-refractivity contribution >= 4 is 11.9 Å². The maximum atomic E-state index is 11.4. The Kier molecular flexibility index (Phi) is 4.34. The van der Waals surface area contributed by atoms with Crippen LogP contribution in [0.5, 0.6) is 0 Å². The number of nitrogens with one attached hydrogen (secondary N) is 1. The molecule has 86 valence electrons. The molecule has 1 atom stereocenters. The van der Waals surface area contributed by atoms with Gasteiger partial charge in [-0.3, -0.25) is 9.59 Å². The Morgan fingerprint density at radius 3 is 2.88 bits per heavy atom. The summed E-state index contributed by atoms with van der Waals surface area (Å²) in [4.78, 5) is 29.2. The van der Waals surface area contributed by atoms with Crippen molar-refractivity contribution in [1.82, 2.24) is 15.3 Å². The summed E-state index contributed by atoms with van der Waals surface area (Å²) in [6, 6.07) is 0.498.